The van der Waals surface area contributed by atoms with Gasteiger partial charge in [-0.3, -0.25) is 0 Å². The average Bonchev–Trinajstić information content (AvgIpc) is 3.05. The Morgan fingerprint density at radius 3 is 2.85 bits per heavy atom. The van der Waals surface area contributed by atoms with E-state index in [4.69, 9.17) is 4.42 Å². The molecule has 2 aromatic heterocycles. The first-order valence-corrected chi connectivity index (χ1v) is 7.95. The van der Waals surface area contributed by atoms with E-state index in [1.807, 2.05) is 36.4 Å². The van der Waals surface area contributed by atoms with E-state index in [1.165, 1.54) is 0 Å². The van der Waals surface area contributed by atoms with Crippen molar-refractivity contribution < 1.29 is 4.42 Å². The highest BCUT2D eigenvalue weighted by Crippen LogP contribution is 2.13. The summed E-state index contributed by atoms with van der Waals surface area (Å²) in [4.78, 5) is 7.83. The summed E-state index contributed by atoms with van der Waals surface area (Å²) >= 11 is 1.76. The van der Waals surface area contributed by atoms with E-state index in [-0.39, 0.29) is 0 Å². The van der Waals surface area contributed by atoms with Crippen LogP contribution in [-0.4, -0.2) is 16.2 Å². The average molecular weight is 287 g/mol. The summed E-state index contributed by atoms with van der Waals surface area (Å²) < 4.78 is 5.71. The fourth-order valence-electron chi connectivity index (χ4n) is 2.13. The number of hydrogen-bond donors (Lipinski definition) is 2. The van der Waals surface area contributed by atoms with Gasteiger partial charge in [-0.05, 0) is 30.5 Å². The van der Waals surface area contributed by atoms with Crippen LogP contribution in [-0.2, 0) is 18.8 Å². The van der Waals surface area contributed by atoms with Crippen LogP contribution in [0.3, 0.4) is 0 Å². The van der Waals surface area contributed by atoms with E-state index < -0.39 is 0 Å². The van der Waals surface area contributed by atoms with Gasteiger partial charge in [0.05, 0.1) is 29.9 Å². The second-order valence-corrected chi connectivity index (χ2v) is 5.47. The maximum atomic E-state index is 5.71. The first kappa shape index (κ1) is 13.3. The number of rotatable bonds is 6. The van der Waals surface area contributed by atoms with Gasteiger partial charge >= 0.3 is 0 Å². The summed E-state index contributed by atoms with van der Waals surface area (Å²) in [6.07, 6.45) is 2.07. The zero-order valence-electron chi connectivity index (χ0n) is 11.3. The van der Waals surface area contributed by atoms with Gasteiger partial charge in [-0.15, -0.1) is 0 Å². The second-order valence-electron chi connectivity index (χ2n) is 4.61. The van der Waals surface area contributed by atoms with Gasteiger partial charge in [0.1, 0.15) is 17.3 Å². The van der Waals surface area contributed by atoms with Crippen molar-refractivity contribution in [3.8, 4) is 0 Å². The zero-order valence-corrected chi connectivity index (χ0v) is 12.2. The van der Waals surface area contributed by atoms with E-state index in [0.29, 0.717) is 13.1 Å². The van der Waals surface area contributed by atoms with Crippen LogP contribution in [0.1, 0.15) is 17.3 Å². The number of nitrogens with zero attached hydrogens (tertiary/aromatic N) is 1. The van der Waals surface area contributed by atoms with Gasteiger partial charge in [-0.25, -0.2) is 4.98 Å². The van der Waals surface area contributed by atoms with E-state index >= 15 is 0 Å². The van der Waals surface area contributed by atoms with Crippen molar-refractivity contribution in [3.05, 3.63) is 53.7 Å². The smallest absolute Gasteiger partial charge is 0.121 e. The Balaban J connectivity index is 1.56. The summed E-state index contributed by atoms with van der Waals surface area (Å²) in [5.41, 5.74) is 2.08. The number of thioether (sulfide) groups is 1. The minimum atomic E-state index is 0.702. The largest absolute Gasteiger partial charge is 0.464 e. The van der Waals surface area contributed by atoms with Gasteiger partial charge in [-0.2, -0.15) is 11.8 Å². The number of benzene rings is 1. The number of furan rings is 1. The third-order valence-electron chi connectivity index (χ3n) is 3.03. The summed E-state index contributed by atoms with van der Waals surface area (Å²) in [5.74, 6) is 3.86. The lowest BCUT2D eigenvalue weighted by atomic mass is 10.3. The van der Waals surface area contributed by atoms with Crippen molar-refractivity contribution >= 4 is 22.8 Å². The molecule has 0 saturated carbocycles. The molecule has 2 heterocycles. The van der Waals surface area contributed by atoms with Crippen LogP contribution in [0.2, 0.25) is 0 Å². The lowest BCUT2D eigenvalue weighted by Gasteiger charge is -1.99. The Labute approximate surface area is 122 Å². The molecule has 4 nitrogen and oxygen atoms in total. The van der Waals surface area contributed by atoms with Crippen molar-refractivity contribution in [3.63, 3.8) is 0 Å². The number of nitrogens with one attached hydrogen (secondary N) is 2. The Hall–Kier alpha value is -1.72. The van der Waals surface area contributed by atoms with Crippen molar-refractivity contribution in [2.45, 2.75) is 18.8 Å². The third-order valence-corrected chi connectivity index (χ3v) is 3.61. The Morgan fingerprint density at radius 2 is 2.00 bits per heavy atom. The molecule has 3 aromatic rings. The van der Waals surface area contributed by atoms with Gasteiger partial charge in [0, 0.05) is 0 Å². The molecule has 3 rings (SSSR count). The normalized spacial score (nSPS) is 11.2. The van der Waals surface area contributed by atoms with Gasteiger partial charge < -0.3 is 14.7 Å². The summed E-state index contributed by atoms with van der Waals surface area (Å²) in [7, 11) is 0. The second kappa shape index (κ2) is 6.15. The van der Waals surface area contributed by atoms with Gasteiger partial charge in [0.25, 0.3) is 0 Å². The van der Waals surface area contributed by atoms with E-state index in [0.717, 1.165) is 34.1 Å². The number of aromatic amines is 1. The molecule has 0 aliphatic rings. The Bertz CT molecular complexity index is 656. The monoisotopic (exact) mass is 287 g/mol. The number of hydrogen-bond acceptors (Lipinski definition) is 4. The SMILES string of the molecule is CSCc1ccc(CNCc2nc3ccccc3[nH]2)o1. The Kier molecular flexibility index (Phi) is 4.08. The fraction of sp³-hybridized carbons (Fsp3) is 0.267. The van der Waals surface area contributed by atoms with Crippen LogP contribution in [0, 0.1) is 0 Å². The Morgan fingerprint density at radius 1 is 1.15 bits per heavy atom. The number of fused-ring (bicyclic) bond motifs is 1. The third kappa shape index (κ3) is 3.05. The van der Waals surface area contributed by atoms with E-state index in [2.05, 4.69) is 21.5 Å². The van der Waals surface area contributed by atoms with Crippen LogP contribution in [0.4, 0.5) is 0 Å². The molecular weight excluding hydrogens is 270 g/mol. The predicted molar refractivity (Wildman–Crippen MR) is 82.6 cm³/mol. The van der Waals surface area contributed by atoms with Gasteiger partial charge in [0.2, 0.25) is 0 Å². The molecule has 0 saturated heterocycles. The highest BCUT2D eigenvalue weighted by molar-refractivity contribution is 7.97. The first-order valence-electron chi connectivity index (χ1n) is 6.56. The van der Waals surface area contributed by atoms with Crippen molar-refractivity contribution in [1.82, 2.24) is 15.3 Å². The lowest BCUT2D eigenvalue weighted by molar-refractivity contribution is 0.458. The van der Waals surface area contributed by atoms with Gasteiger partial charge in [0.15, 0.2) is 0 Å². The van der Waals surface area contributed by atoms with Crippen molar-refractivity contribution in [2.75, 3.05) is 6.26 Å². The predicted octanol–water partition coefficient (Wildman–Crippen LogP) is 3.31. The quantitative estimate of drug-likeness (QED) is 0.730. The van der Waals surface area contributed by atoms with Crippen molar-refractivity contribution in [2.24, 2.45) is 0 Å². The first-order chi connectivity index (χ1) is 9.85. The number of aromatic nitrogens is 2. The summed E-state index contributed by atoms with van der Waals surface area (Å²) in [6, 6.07) is 12.1. The molecule has 0 aliphatic carbocycles. The molecule has 0 fully saturated rings. The van der Waals surface area contributed by atoms with Gasteiger partial charge in [-0.1, -0.05) is 12.1 Å². The number of para-hydroxylation sites is 2. The molecule has 0 aliphatic heterocycles. The van der Waals surface area contributed by atoms with Crippen LogP contribution in [0.5, 0.6) is 0 Å². The molecule has 0 amide bonds. The van der Waals surface area contributed by atoms with Crippen LogP contribution >= 0.6 is 11.8 Å². The molecule has 0 atom stereocenters. The highest BCUT2D eigenvalue weighted by atomic mass is 32.2. The summed E-state index contributed by atoms with van der Waals surface area (Å²) in [6.45, 7) is 1.42. The molecule has 0 radical (unpaired) electrons. The molecule has 20 heavy (non-hydrogen) atoms. The molecule has 0 unspecified atom stereocenters. The molecule has 1 aromatic carbocycles. The molecule has 104 valence electrons. The molecule has 0 bridgehead atoms. The maximum absolute atomic E-state index is 5.71. The highest BCUT2D eigenvalue weighted by Gasteiger charge is 2.03. The van der Waals surface area contributed by atoms with Crippen LogP contribution in [0.15, 0.2) is 40.8 Å². The van der Waals surface area contributed by atoms with Crippen LogP contribution < -0.4 is 5.32 Å². The van der Waals surface area contributed by atoms with E-state index in [1.54, 1.807) is 11.8 Å². The van der Waals surface area contributed by atoms with Crippen LogP contribution in [0.25, 0.3) is 11.0 Å². The molecule has 5 heteroatoms. The summed E-state index contributed by atoms with van der Waals surface area (Å²) in [5, 5.41) is 3.34. The van der Waals surface area contributed by atoms with E-state index in [9.17, 15) is 0 Å². The van der Waals surface area contributed by atoms with Crippen molar-refractivity contribution in [1.29, 1.82) is 0 Å². The molecule has 2 N–H and O–H groups in total. The molecular formula is C15H17N3OS. The topological polar surface area (TPSA) is 53.9 Å². The lowest BCUT2D eigenvalue weighted by Crippen LogP contribution is -2.13. The standard InChI is InChI=1S/C15H17N3OS/c1-20-10-12-7-6-11(19-12)8-16-9-15-17-13-4-2-3-5-14(13)18-15/h2-7,16H,8-10H2,1H3,(H,17,18). The fourth-order valence-corrected chi connectivity index (χ4v) is 2.57. The maximum Gasteiger partial charge on any atom is 0.121 e. The minimum Gasteiger partial charge on any atom is -0.464 e. The number of H-pyrrole nitrogens is 1. The number of imidazole rings is 1. The molecule has 0 spiro atoms. The zero-order chi connectivity index (χ0) is 13.8. The minimum absolute atomic E-state index is 0.702.